The van der Waals surface area contributed by atoms with E-state index in [1.54, 1.807) is 12.1 Å². The molecule has 1 rings (SSSR count). The molecule has 0 saturated carbocycles. The van der Waals surface area contributed by atoms with Crippen molar-refractivity contribution in [2.45, 2.75) is 34.1 Å². The average Bonchev–Trinajstić information content (AvgIpc) is 2.42. The largest absolute Gasteiger partial charge is 0.206 e. The smallest absolute Gasteiger partial charge is 0.130 e. The van der Waals surface area contributed by atoms with Crippen LogP contribution in [-0.2, 0) is 0 Å². The Labute approximate surface area is 122 Å². The van der Waals surface area contributed by atoms with Crippen LogP contribution in [0.15, 0.2) is 60.2 Å². The molecule has 0 aromatic heterocycles. The van der Waals surface area contributed by atoms with E-state index in [2.05, 4.69) is 25.7 Å². The third kappa shape index (κ3) is 3.80. The minimum atomic E-state index is -0.167. The quantitative estimate of drug-likeness (QED) is 0.575. The van der Waals surface area contributed by atoms with Crippen LogP contribution in [0.2, 0.25) is 0 Å². The van der Waals surface area contributed by atoms with Crippen LogP contribution in [0.25, 0.3) is 5.57 Å². The fourth-order valence-corrected chi connectivity index (χ4v) is 2.19. The van der Waals surface area contributed by atoms with Crippen LogP contribution in [-0.4, -0.2) is 0 Å². The lowest BCUT2D eigenvalue weighted by molar-refractivity contribution is 0.622. The fraction of sp³-hybridized carbons (Fsp3) is 0.263. The lowest BCUT2D eigenvalue weighted by Gasteiger charge is -2.13. The Morgan fingerprint density at radius 1 is 1.30 bits per heavy atom. The van der Waals surface area contributed by atoms with E-state index < -0.39 is 0 Å². The van der Waals surface area contributed by atoms with Crippen molar-refractivity contribution < 1.29 is 4.39 Å². The second-order valence-corrected chi connectivity index (χ2v) is 4.85. The zero-order chi connectivity index (χ0) is 15.1. The maximum atomic E-state index is 14.1. The summed E-state index contributed by atoms with van der Waals surface area (Å²) in [6, 6.07) is 5.19. The highest BCUT2D eigenvalue weighted by molar-refractivity contribution is 5.74. The third-order valence-electron chi connectivity index (χ3n) is 3.42. The number of aryl methyl sites for hydroxylation is 1. The summed E-state index contributed by atoms with van der Waals surface area (Å²) in [6.45, 7) is 11.8. The minimum absolute atomic E-state index is 0.167. The lowest BCUT2D eigenvalue weighted by atomic mass is 9.93. The van der Waals surface area contributed by atoms with Gasteiger partial charge in [0.25, 0.3) is 0 Å². The van der Waals surface area contributed by atoms with Gasteiger partial charge in [-0.2, -0.15) is 0 Å². The Kier molecular flexibility index (Phi) is 6.17. The summed E-state index contributed by atoms with van der Waals surface area (Å²) < 4.78 is 14.1. The molecule has 20 heavy (non-hydrogen) atoms. The zero-order valence-corrected chi connectivity index (χ0v) is 12.8. The van der Waals surface area contributed by atoms with Gasteiger partial charge in [-0.15, -0.1) is 0 Å². The molecule has 0 nitrogen and oxygen atoms in total. The van der Waals surface area contributed by atoms with Crippen molar-refractivity contribution in [1.29, 1.82) is 0 Å². The minimum Gasteiger partial charge on any atom is -0.206 e. The number of rotatable bonds is 5. The summed E-state index contributed by atoms with van der Waals surface area (Å²) in [6.07, 6.45) is 8.86. The van der Waals surface area contributed by atoms with Crippen LogP contribution >= 0.6 is 0 Å². The molecular formula is C19H23F. The molecule has 106 valence electrons. The van der Waals surface area contributed by atoms with Crippen molar-refractivity contribution >= 4 is 5.57 Å². The molecule has 1 heteroatoms. The Bertz CT molecular complexity index is 551. The Morgan fingerprint density at radius 3 is 2.55 bits per heavy atom. The molecule has 0 heterocycles. The van der Waals surface area contributed by atoms with Crippen LogP contribution in [0.4, 0.5) is 4.39 Å². The standard InChI is InChI=1S/C19H23F/c1-6-8-12-17(10-7-2)15(4)16(5)19-14(3)11-9-13-18(19)20/h7-13H,2,6H2,1,3-5H3/b12-8-,16-15-,17-10+. The van der Waals surface area contributed by atoms with E-state index in [1.165, 1.54) is 6.07 Å². The number of hydrogen-bond donors (Lipinski definition) is 0. The van der Waals surface area contributed by atoms with Crippen molar-refractivity contribution in [2.24, 2.45) is 0 Å². The van der Waals surface area contributed by atoms with Crippen molar-refractivity contribution in [3.05, 3.63) is 77.2 Å². The predicted octanol–water partition coefficient (Wildman–Crippen LogP) is 6.01. The molecular weight excluding hydrogens is 247 g/mol. The molecule has 0 atom stereocenters. The molecule has 0 saturated heterocycles. The van der Waals surface area contributed by atoms with Gasteiger partial charge >= 0.3 is 0 Å². The molecule has 0 aliphatic rings. The van der Waals surface area contributed by atoms with Crippen molar-refractivity contribution in [1.82, 2.24) is 0 Å². The molecule has 0 amide bonds. The van der Waals surface area contributed by atoms with Crippen LogP contribution in [0.1, 0.15) is 38.3 Å². The molecule has 1 aromatic rings. The Morgan fingerprint density at radius 2 is 2.00 bits per heavy atom. The monoisotopic (exact) mass is 270 g/mol. The molecule has 0 unspecified atom stereocenters. The Balaban J connectivity index is 3.39. The molecule has 0 radical (unpaired) electrons. The van der Waals surface area contributed by atoms with E-state index in [9.17, 15) is 4.39 Å². The van der Waals surface area contributed by atoms with Gasteiger partial charge in [-0.3, -0.25) is 0 Å². The predicted molar refractivity (Wildman–Crippen MR) is 87.1 cm³/mol. The van der Waals surface area contributed by atoms with Gasteiger partial charge < -0.3 is 0 Å². The summed E-state index contributed by atoms with van der Waals surface area (Å²) in [4.78, 5) is 0. The highest BCUT2D eigenvalue weighted by atomic mass is 19.1. The molecule has 0 bridgehead atoms. The molecule has 1 aromatic carbocycles. The Hall–Kier alpha value is -1.89. The van der Waals surface area contributed by atoms with E-state index in [-0.39, 0.29) is 5.82 Å². The number of hydrogen-bond acceptors (Lipinski definition) is 0. The highest BCUT2D eigenvalue weighted by Gasteiger charge is 2.10. The van der Waals surface area contributed by atoms with Crippen LogP contribution in [0, 0.1) is 12.7 Å². The number of halogens is 1. The molecule has 0 fully saturated rings. The first kappa shape index (κ1) is 16.2. The van der Waals surface area contributed by atoms with Crippen LogP contribution in [0.3, 0.4) is 0 Å². The summed E-state index contributed by atoms with van der Waals surface area (Å²) in [5.74, 6) is -0.167. The lowest BCUT2D eigenvalue weighted by Crippen LogP contribution is -1.95. The van der Waals surface area contributed by atoms with Gasteiger partial charge in [0, 0.05) is 5.56 Å². The van der Waals surface area contributed by atoms with Crippen molar-refractivity contribution in [2.75, 3.05) is 0 Å². The van der Waals surface area contributed by atoms with E-state index in [4.69, 9.17) is 0 Å². The van der Waals surface area contributed by atoms with Crippen LogP contribution < -0.4 is 0 Å². The fourth-order valence-electron chi connectivity index (χ4n) is 2.19. The molecule has 0 aliphatic heterocycles. The summed E-state index contributed by atoms with van der Waals surface area (Å²) >= 11 is 0. The maximum Gasteiger partial charge on any atom is 0.130 e. The number of allylic oxidation sites excluding steroid dienone is 7. The van der Waals surface area contributed by atoms with Gasteiger partial charge in [-0.05, 0) is 55.5 Å². The van der Waals surface area contributed by atoms with Gasteiger partial charge in [0.05, 0.1) is 0 Å². The van der Waals surface area contributed by atoms with Gasteiger partial charge in [-0.1, -0.05) is 49.9 Å². The molecule has 0 spiro atoms. The highest BCUT2D eigenvalue weighted by Crippen LogP contribution is 2.28. The maximum absolute atomic E-state index is 14.1. The SMILES string of the molecule is C=C/C=C(\C=C/CC)C(/C)=C(/C)c1c(C)cccc1F. The van der Waals surface area contributed by atoms with E-state index in [0.717, 1.165) is 28.7 Å². The molecule has 0 aliphatic carbocycles. The van der Waals surface area contributed by atoms with Crippen molar-refractivity contribution in [3.8, 4) is 0 Å². The van der Waals surface area contributed by atoms with Gasteiger partial charge in [-0.25, -0.2) is 4.39 Å². The average molecular weight is 270 g/mol. The zero-order valence-electron chi connectivity index (χ0n) is 12.8. The van der Waals surface area contributed by atoms with Crippen LogP contribution in [0.5, 0.6) is 0 Å². The summed E-state index contributed by atoms with van der Waals surface area (Å²) in [7, 11) is 0. The van der Waals surface area contributed by atoms with Gasteiger partial charge in [0.15, 0.2) is 0 Å². The normalized spacial score (nSPS) is 13.6. The van der Waals surface area contributed by atoms with Gasteiger partial charge in [0.1, 0.15) is 5.82 Å². The van der Waals surface area contributed by atoms with Crippen molar-refractivity contribution in [3.63, 3.8) is 0 Å². The second-order valence-electron chi connectivity index (χ2n) is 4.85. The summed E-state index contributed by atoms with van der Waals surface area (Å²) in [5, 5.41) is 0. The third-order valence-corrected chi connectivity index (χ3v) is 3.42. The topological polar surface area (TPSA) is 0 Å². The van der Waals surface area contributed by atoms with E-state index in [0.29, 0.717) is 5.56 Å². The first-order chi connectivity index (χ1) is 9.52. The second kappa shape index (κ2) is 7.64. The summed E-state index contributed by atoms with van der Waals surface area (Å²) in [5.41, 5.74) is 4.77. The van der Waals surface area contributed by atoms with E-state index in [1.807, 2.05) is 32.9 Å². The van der Waals surface area contributed by atoms with E-state index >= 15 is 0 Å². The molecule has 0 N–H and O–H groups in total. The first-order valence-corrected chi connectivity index (χ1v) is 6.95. The number of benzene rings is 1. The first-order valence-electron chi connectivity index (χ1n) is 6.95. The van der Waals surface area contributed by atoms with Gasteiger partial charge in [0.2, 0.25) is 0 Å².